The second kappa shape index (κ2) is 6.44. The molecule has 23 heavy (non-hydrogen) atoms. The van der Waals surface area contributed by atoms with E-state index in [1.165, 1.54) is 6.42 Å². The third kappa shape index (κ3) is 3.63. The summed E-state index contributed by atoms with van der Waals surface area (Å²) in [6, 6.07) is 8.01. The van der Waals surface area contributed by atoms with Gasteiger partial charge in [0, 0.05) is 19.1 Å². The van der Waals surface area contributed by atoms with Gasteiger partial charge in [-0.1, -0.05) is 32.9 Å². The molecular weight excluding hydrogens is 286 g/mol. The number of fused-ring (bicyclic) bond motifs is 1. The maximum absolute atomic E-state index is 6.07. The van der Waals surface area contributed by atoms with Gasteiger partial charge in [-0.2, -0.15) is 0 Å². The highest BCUT2D eigenvalue weighted by molar-refractivity contribution is 5.76. The van der Waals surface area contributed by atoms with Crippen LogP contribution in [0.3, 0.4) is 0 Å². The Morgan fingerprint density at radius 1 is 1.17 bits per heavy atom. The van der Waals surface area contributed by atoms with E-state index in [1.54, 1.807) is 0 Å². The summed E-state index contributed by atoms with van der Waals surface area (Å²) in [6.07, 6.45) is 2.63. The van der Waals surface area contributed by atoms with Crippen molar-refractivity contribution in [3.05, 3.63) is 30.0 Å². The minimum absolute atomic E-state index is 0.164. The van der Waals surface area contributed by atoms with Crippen LogP contribution in [0.5, 0.6) is 0 Å². The van der Waals surface area contributed by atoms with E-state index in [-0.39, 0.29) is 11.5 Å². The van der Waals surface area contributed by atoms with Gasteiger partial charge < -0.3 is 10.1 Å². The van der Waals surface area contributed by atoms with Crippen molar-refractivity contribution in [2.45, 2.75) is 46.6 Å². The molecule has 1 aromatic carbocycles. The number of benzene rings is 1. The lowest BCUT2D eigenvalue weighted by Gasteiger charge is -2.40. The number of aromatic nitrogens is 2. The third-order valence-corrected chi connectivity index (χ3v) is 4.57. The lowest BCUT2D eigenvalue weighted by molar-refractivity contribution is -0.0814. The fourth-order valence-electron chi connectivity index (χ4n) is 3.49. The van der Waals surface area contributed by atoms with Crippen LogP contribution in [0.4, 0.5) is 5.82 Å². The Kier molecular flexibility index (Phi) is 4.53. The smallest absolute Gasteiger partial charge is 0.148 e. The molecule has 2 atom stereocenters. The van der Waals surface area contributed by atoms with Gasteiger partial charge in [0.2, 0.25) is 0 Å². The monoisotopic (exact) mass is 313 g/mol. The van der Waals surface area contributed by atoms with Crippen LogP contribution in [0.15, 0.2) is 24.3 Å². The molecule has 0 spiro atoms. The normalized spacial score (nSPS) is 22.3. The van der Waals surface area contributed by atoms with Gasteiger partial charge in [-0.15, -0.1) is 0 Å². The molecule has 2 unspecified atom stereocenters. The van der Waals surface area contributed by atoms with Crippen molar-refractivity contribution in [1.82, 2.24) is 9.97 Å². The van der Waals surface area contributed by atoms with Crippen LogP contribution in [0, 0.1) is 18.3 Å². The fourth-order valence-corrected chi connectivity index (χ4v) is 3.49. The quantitative estimate of drug-likeness (QED) is 0.923. The molecule has 2 heterocycles. The number of ether oxygens (including phenoxy) is 1. The Morgan fingerprint density at radius 3 is 2.57 bits per heavy atom. The molecule has 4 heteroatoms. The average molecular weight is 313 g/mol. The minimum Gasteiger partial charge on any atom is -0.377 e. The first-order chi connectivity index (χ1) is 10.9. The molecule has 0 saturated carbocycles. The van der Waals surface area contributed by atoms with Gasteiger partial charge in [0.1, 0.15) is 5.82 Å². The molecule has 1 N–H and O–H groups in total. The summed E-state index contributed by atoms with van der Waals surface area (Å²) >= 11 is 0. The lowest BCUT2D eigenvalue weighted by Crippen LogP contribution is -2.42. The Labute approximate surface area is 138 Å². The van der Waals surface area contributed by atoms with Crippen LogP contribution in [-0.2, 0) is 4.74 Å². The van der Waals surface area contributed by atoms with Gasteiger partial charge in [0.05, 0.1) is 22.8 Å². The van der Waals surface area contributed by atoms with E-state index in [9.17, 15) is 0 Å². The molecule has 0 radical (unpaired) electrons. The molecule has 0 amide bonds. The standard InChI is InChI=1S/C19H27N3O/c1-13-18(22-16-10-6-5-9-15(16)21-13)20-12-14-8-7-11-23-17(14)19(2,3)4/h5-6,9-10,14,17H,7-8,11-12H2,1-4H3,(H,20,22). The predicted octanol–water partition coefficient (Wildman–Crippen LogP) is 4.19. The van der Waals surface area contributed by atoms with Gasteiger partial charge in [0.15, 0.2) is 0 Å². The van der Waals surface area contributed by atoms with E-state index in [0.29, 0.717) is 5.92 Å². The zero-order valence-electron chi connectivity index (χ0n) is 14.6. The Morgan fingerprint density at radius 2 is 1.87 bits per heavy atom. The number of nitrogens with one attached hydrogen (secondary N) is 1. The second-order valence-corrected chi connectivity index (χ2v) is 7.59. The SMILES string of the molecule is Cc1nc2ccccc2nc1NCC1CCCOC1C(C)(C)C. The predicted molar refractivity (Wildman–Crippen MR) is 94.7 cm³/mol. The topological polar surface area (TPSA) is 47.0 Å². The first kappa shape index (κ1) is 16.2. The van der Waals surface area contributed by atoms with Crippen LogP contribution < -0.4 is 5.32 Å². The molecule has 0 aliphatic carbocycles. The number of anilines is 1. The third-order valence-electron chi connectivity index (χ3n) is 4.57. The number of para-hydroxylation sites is 2. The number of aryl methyl sites for hydroxylation is 1. The summed E-state index contributed by atoms with van der Waals surface area (Å²) < 4.78 is 6.07. The van der Waals surface area contributed by atoms with Crippen LogP contribution in [-0.4, -0.2) is 29.2 Å². The fraction of sp³-hybridized carbons (Fsp3) is 0.579. The Balaban J connectivity index is 1.75. The molecule has 1 aliphatic rings. The summed E-state index contributed by atoms with van der Waals surface area (Å²) in [5.74, 6) is 1.40. The molecule has 1 aliphatic heterocycles. The van der Waals surface area contributed by atoms with Crippen LogP contribution >= 0.6 is 0 Å². The second-order valence-electron chi connectivity index (χ2n) is 7.59. The Hall–Kier alpha value is -1.68. The molecule has 124 valence electrons. The molecule has 1 aromatic heterocycles. The van der Waals surface area contributed by atoms with Crippen molar-refractivity contribution in [2.75, 3.05) is 18.5 Å². The van der Waals surface area contributed by atoms with Crippen molar-refractivity contribution in [1.29, 1.82) is 0 Å². The van der Waals surface area contributed by atoms with Crippen molar-refractivity contribution in [2.24, 2.45) is 11.3 Å². The molecular formula is C19H27N3O. The first-order valence-corrected chi connectivity index (χ1v) is 8.54. The highest BCUT2D eigenvalue weighted by Crippen LogP contribution is 2.34. The number of rotatable bonds is 3. The van der Waals surface area contributed by atoms with E-state index < -0.39 is 0 Å². The van der Waals surface area contributed by atoms with E-state index in [1.807, 2.05) is 31.2 Å². The maximum Gasteiger partial charge on any atom is 0.148 e. The van der Waals surface area contributed by atoms with Crippen LogP contribution in [0.2, 0.25) is 0 Å². The van der Waals surface area contributed by atoms with Crippen molar-refractivity contribution < 1.29 is 4.74 Å². The first-order valence-electron chi connectivity index (χ1n) is 8.54. The molecule has 0 bridgehead atoms. The summed E-state index contributed by atoms with van der Waals surface area (Å²) in [6.45, 7) is 10.6. The summed E-state index contributed by atoms with van der Waals surface area (Å²) in [4.78, 5) is 9.38. The number of hydrogen-bond donors (Lipinski definition) is 1. The van der Waals surface area contributed by atoms with Crippen molar-refractivity contribution in [3.63, 3.8) is 0 Å². The largest absolute Gasteiger partial charge is 0.377 e. The van der Waals surface area contributed by atoms with Crippen LogP contribution in [0.25, 0.3) is 11.0 Å². The lowest BCUT2D eigenvalue weighted by atomic mass is 9.78. The van der Waals surface area contributed by atoms with Crippen molar-refractivity contribution >= 4 is 16.9 Å². The van der Waals surface area contributed by atoms with E-state index >= 15 is 0 Å². The summed E-state index contributed by atoms with van der Waals surface area (Å²) in [5, 5.41) is 3.52. The van der Waals surface area contributed by atoms with Gasteiger partial charge in [0.25, 0.3) is 0 Å². The van der Waals surface area contributed by atoms with Gasteiger partial charge in [-0.05, 0) is 37.3 Å². The van der Waals surface area contributed by atoms with E-state index in [0.717, 1.165) is 42.1 Å². The van der Waals surface area contributed by atoms with Crippen LogP contribution in [0.1, 0.15) is 39.3 Å². The number of hydrogen-bond acceptors (Lipinski definition) is 4. The maximum atomic E-state index is 6.07. The Bertz CT molecular complexity index is 678. The molecule has 4 nitrogen and oxygen atoms in total. The minimum atomic E-state index is 0.164. The highest BCUT2D eigenvalue weighted by atomic mass is 16.5. The van der Waals surface area contributed by atoms with E-state index in [4.69, 9.17) is 9.72 Å². The van der Waals surface area contributed by atoms with E-state index in [2.05, 4.69) is 31.1 Å². The number of nitrogens with zero attached hydrogens (tertiary/aromatic N) is 2. The average Bonchev–Trinajstić information content (AvgIpc) is 2.52. The summed E-state index contributed by atoms with van der Waals surface area (Å²) in [7, 11) is 0. The zero-order valence-corrected chi connectivity index (χ0v) is 14.6. The molecule has 3 rings (SSSR count). The summed E-state index contributed by atoms with van der Waals surface area (Å²) in [5.41, 5.74) is 3.00. The highest BCUT2D eigenvalue weighted by Gasteiger charge is 2.35. The molecule has 1 fully saturated rings. The zero-order chi connectivity index (χ0) is 16.4. The molecule has 1 saturated heterocycles. The van der Waals surface area contributed by atoms with Gasteiger partial charge >= 0.3 is 0 Å². The van der Waals surface area contributed by atoms with Gasteiger partial charge in [-0.3, -0.25) is 0 Å². The van der Waals surface area contributed by atoms with Crippen molar-refractivity contribution in [3.8, 4) is 0 Å². The molecule has 2 aromatic rings. The van der Waals surface area contributed by atoms with Gasteiger partial charge in [-0.25, -0.2) is 9.97 Å².